The van der Waals surface area contributed by atoms with Gasteiger partial charge in [0.25, 0.3) is 0 Å². The van der Waals surface area contributed by atoms with Crippen LogP contribution in [0.4, 0.5) is 0 Å². The van der Waals surface area contributed by atoms with Crippen LogP contribution in [-0.4, -0.2) is 21.5 Å². The number of aryl methyl sites for hydroxylation is 1. The number of hydrogen-bond donors (Lipinski definition) is 1. The SMILES string of the molecule is Cn1nc(C(CO)N=[N+]=[N-])c2ccccc21. The van der Waals surface area contributed by atoms with E-state index in [0.29, 0.717) is 5.69 Å². The summed E-state index contributed by atoms with van der Waals surface area (Å²) in [5.41, 5.74) is 9.98. The molecule has 6 heteroatoms. The van der Waals surface area contributed by atoms with Gasteiger partial charge in [-0.1, -0.05) is 23.3 Å². The third kappa shape index (κ3) is 1.60. The maximum atomic E-state index is 9.17. The predicted octanol–water partition coefficient (Wildman–Crippen LogP) is 1.92. The van der Waals surface area contributed by atoms with Crippen LogP contribution >= 0.6 is 0 Å². The Hall–Kier alpha value is -2.04. The molecular weight excluding hydrogens is 206 g/mol. The highest BCUT2D eigenvalue weighted by Gasteiger charge is 2.16. The number of rotatable bonds is 3. The van der Waals surface area contributed by atoms with E-state index < -0.39 is 6.04 Å². The van der Waals surface area contributed by atoms with Crippen LogP contribution in [0.1, 0.15) is 11.7 Å². The molecule has 0 aliphatic carbocycles. The Balaban J connectivity index is 2.64. The van der Waals surface area contributed by atoms with Gasteiger partial charge >= 0.3 is 0 Å². The summed E-state index contributed by atoms with van der Waals surface area (Å²) in [5, 5.41) is 17.9. The molecule has 0 saturated heterocycles. The van der Waals surface area contributed by atoms with Gasteiger partial charge < -0.3 is 5.11 Å². The molecule has 0 aliphatic heterocycles. The molecule has 0 saturated carbocycles. The molecule has 2 rings (SSSR count). The molecule has 1 aromatic heterocycles. The molecule has 0 bridgehead atoms. The van der Waals surface area contributed by atoms with Crippen LogP contribution < -0.4 is 0 Å². The number of aromatic nitrogens is 2. The third-order valence-electron chi connectivity index (χ3n) is 2.47. The fraction of sp³-hybridized carbons (Fsp3) is 0.300. The zero-order valence-corrected chi connectivity index (χ0v) is 8.78. The van der Waals surface area contributed by atoms with Crippen molar-refractivity contribution in [2.45, 2.75) is 6.04 Å². The van der Waals surface area contributed by atoms with Crippen molar-refractivity contribution >= 4 is 10.9 Å². The number of hydrogen-bond acceptors (Lipinski definition) is 3. The van der Waals surface area contributed by atoms with Crippen LogP contribution in [-0.2, 0) is 7.05 Å². The van der Waals surface area contributed by atoms with Gasteiger partial charge in [0.1, 0.15) is 6.04 Å². The van der Waals surface area contributed by atoms with Crippen molar-refractivity contribution in [2.75, 3.05) is 6.61 Å². The number of benzene rings is 1. The molecule has 0 spiro atoms. The molecule has 16 heavy (non-hydrogen) atoms. The molecule has 0 amide bonds. The minimum atomic E-state index is -0.629. The average molecular weight is 217 g/mol. The third-order valence-corrected chi connectivity index (χ3v) is 2.47. The first kappa shape index (κ1) is 10.5. The minimum Gasteiger partial charge on any atom is -0.396 e. The average Bonchev–Trinajstić information content (AvgIpc) is 2.65. The van der Waals surface area contributed by atoms with Crippen molar-refractivity contribution in [1.29, 1.82) is 0 Å². The lowest BCUT2D eigenvalue weighted by Crippen LogP contribution is -2.02. The maximum absolute atomic E-state index is 9.17. The summed E-state index contributed by atoms with van der Waals surface area (Å²) in [6.45, 7) is -0.245. The minimum absolute atomic E-state index is 0.245. The van der Waals surface area contributed by atoms with E-state index in [0.717, 1.165) is 10.9 Å². The van der Waals surface area contributed by atoms with Crippen LogP contribution in [0.5, 0.6) is 0 Å². The molecule has 1 unspecified atom stereocenters. The number of azide groups is 1. The Bertz CT molecular complexity index is 555. The van der Waals surface area contributed by atoms with E-state index in [1.807, 2.05) is 31.3 Å². The van der Waals surface area contributed by atoms with Crippen LogP contribution in [0, 0.1) is 0 Å². The lowest BCUT2D eigenvalue weighted by Gasteiger charge is -2.03. The summed E-state index contributed by atoms with van der Waals surface area (Å²) < 4.78 is 1.71. The number of aliphatic hydroxyl groups is 1. The molecule has 2 aromatic rings. The van der Waals surface area contributed by atoms with Gasteiger partial charge in [0.05, 0.1) is 17.8 Å². The molecule has 1 atom stereocenters. The smallest absolute Gasteiger partial charge is 0.105 e. The normalized spacial score (nSPS) is 12.4. The van der Waals surface area contributed by atoms with E-state index >= 15 is 0 Å². The van der Waals surface area contributed by atoms with Gasteiger partial charge in [-0.3, -0.25) is 4.68 Å². The monoisotopic (exact) mass is 217 g/mol. The molecule has 0 aliphatic rings. The van der Waals surface area contributed by atoms with Gasteiger partial charge in [0, 0.05) is 17.3 Å². The molecule has 0 fully saturated rings. The fourth-order valence-corrected chi connectivity index (χ4v) is 1.73. The summed E-state index contributed by atoms with van der Waals surface area (Å²) in [4.78, 5) is 2.72. The van der Waals surface area contributed by atoms with Gasteiger partial charge in [0.15, 0.2) is 0 Å². The van der Waals surface area contributed by atoms with Crippen LogP contribution in [0.3, 0.4) is 0 Å². The van der Waals surface area contributed by atoms with Crippen LogP contribution in [0.25, 0.3) is 21.3 Å². The Morgan fingerprint density at radius 1 is 1.56 bits per heavy atom. The highest BCUT2D eigenvalue weighted by molar-refractivity contribution is 5.82. The van der Waals surface area contributed by atoms with Gasteiger partial charge in [-0.2, -0.15) is 5.10 Å². The first-order valence-electron chi connectivity index (χ1n) is 4.84. The second kappa shape index (κ2) is 4.22. The van der Waals surface area contributed by atoms with Crippen molar-refractivity contribution < 1.29 is 5.11 Å². The Kier molecular flexibility index (Phi) is 2.76. The number of fused-ring (bicyclic) bond motifs is 1. The summed E-state index contributed by atoms with van der Waals surface area (Å²) in [6.07, 6.45) is 0. The quantitative estimate of drug-likeness (QED) is 0.483. The molecule has 1 heterocycles. The summed E-state index contributed by atoms with van der Waals surface area (Å²) in [7, 11) is 1.82. The van der Waals surface area contributed by atoms with Gasteiger partial charge in [0.2, 0.25) is 0 Å². The number of aliphatic hydroxyl groups excluding tert-OH is 1. The Morgan fingerprint density at radius 2 is 2.31 bits per heavy atom. The van der Waals surface area contributed by atoms with E-state index in [2.05, 4.69) is 15.1 Å². The summed E-state index contributed by atoms with van der Waals surface area (Å²) in [5.74, 6) is 0. The van der Waals surface area contributed by atoms with Crippen molar-refractivity contribution in [3.8, 4) is 0 Å². The van der Waals surface area contributed by atoms with Crippen LogP contribution in [0.15, 0.2) is 29.4 Å². The number of para-hydroxylation sites is 1. The lowest BCUT2D eigenvalue weighted by atomic mass is 10.1. The molecule has 1 aromatic carbocycles. The topological polar surface area (TPSA) is 86.8 Å². The maximum Gasteiger partial charge on any atom is 0.105 e. The van der Waals surface area contributed by atoms with E-state index in [-0.39, 0.29) is 6.61 Å². The largest absolute Gasteiger partial charge is 0.396 e. The lowest BCUT2D eigenvalue weighted by molar-refractivity contribution is 0.266. The second-order valence-electron chi connectivity index (χ2n) is 3.43. The molecule has 1 N–H and O–H groups in total. The van der Waals surface area contributed by atoms with Gasteiger partial charge in [-0.15, -0.1) is 0 Å². The highest BCUT2D eigenvalue weighted by Crippen LogP contribution is 2.25. The zero-order chi connectivity index (χ0) is 11.5. The predicted molar refractivity (Wildman–Crippen MR) is 59.7 cm³/mol. The first-order valence-corrected chi connectivity index (χ1v) is 4.84. The van der Waals surface area contributed by atoms with Gasteiger partial charge in [-0.05, 0) is 11.6 Å². The first-order chi connectivity index (χ1) is 7.77. The molecule has 82 valence electrons. The van der Waals surface area contributed by atoms with Crippen molar-refractivity contribution in [2.24, 2.45) is 12.2 Å². The van der Waals surface area contributed by atoms with E-state index in [1.54, 1.807) is 4.68 Å². The summed E-state index contributed by atoms with van der Waals surface area (Å²) >= 11 is 0. The van der Waals surface area contributed by atoms with Crippen LogP contribution in [0.2, 0.25) is 0 Å². The zero-order valence-electron chi connectivity index (χ0n) is 8.78. The van der Waals surface area contributed by atoms with Crippen molar-refractivity contribution in [3.63, 3.8) is 0 Å². The summed E-state index contributed by atoms with van der Waals surface area (Å²) in [6, 6.07) is 6.99. The van der Waals surface area contributed by atoms with Crippen molar-refractivity contribution in [3.05, 3.63) is 40.4 Å². The molecule has 0 radical (unpaired) electrons. The second-order valence-corrected chi connectivity index (χ2v) is 3.43. The van der Waals surface area contributed by atoms with E-state index in [4.69, 9.17) is 10.6 Å². The fourth-order valence-electron chi connectivity index (χ4n) is 1.73. The Morgan fingerprint density at radius 3 is 3.00 bits per heavy atom. The standard InChI is InChI=1S/C10H11N5O/c1-15-9-5-3-2-4-7(9)10(13-15)8(6-16)12-14-11/h2-5,8,16H,6H2,1H3. The number of nitrogens with zero attached hydrogens (tertiary/aromatic N) is 5. The molecule has 6 nitrogen and oxygen atoms in total. The van der Waals surface area contributed by atoms with E-state index in [9.17, 15) is 0 Å². The van der Waals surface area contributed by atoms with Gasteiger partial charge in [-0.25, -0.2) is 0 Å². The molecular formula is C10H11N5O. The highest BCUT2D eigenvalue weighted by atomic mass is 16.3. The Labute approximate surface area is 91.7 Å². The van der Waals surface area contributed by atoms with E-state index in [1.165, 1.54) is 0 Å². The van der Waals surface area contributed by atoms with Crippen molar-refractivity contribution in [1.82, 2.24) is 9.78 Å².